The fraction of sp³-hybridized carbons (Fsp3) is 0.538. The molecule has 2 aliphatic rings. The molecule has 3 rings (SSSR count). The fourth-order valence-electron chi connectivity index (χ4n) is 2.44. The van der Waals surface area contributed by atoms with E-state index >= 15 is 0 Å². The van der Waals surface area contributed by atoms with Crippen LogP contribution in [0.25, 0.3) is 0 Å². The zero-order valence-corrected chi connectivity index (χ0v) is 11.5. The van der Waals surface area contributed by atoms with Crippen molar-refractivity contribution in [3.63, 3.8) is 0 Å². The van der Waals surface area contributed by atoms with E-state index in [4.69, 9.17) is 0 Å². The van der Waals surface area contributed by atoms with Gasteiger partial charge in [-0.15, -0.1) is 11.8 Å². The van der Waals surface area contributed by atoms with Crippen molar-refractivity contribution in [2.75, 3.05) is 31.9 Å². The molecular formula is C13H18N4OS. The highest BCUT2D eigenvalue weighted by Gasteiger charge is 2.33. The van der Waals surface area contributed by atoms with Crippen molar-refractivity contribution in [3.8, 4) is 0 Å². The summed E-state index contributed by atoms with van der Waals surface area (Å²) in [5, 5.41) is 6.87. The molecule has 1 amide bonds. The van der Waals surface area contributed by atoms with Gasteiger partial charge in [0.2, 0.25) is 5.91 Å². The standard InChI is InChI=1S/C13H18N4OS/c18-13(17-6-4-14-5-7-17)11-9-19-12(16-11)10-2-1-3-15-8-10/h1-3,8,11-12,14,16H,4-7,9H2. The monoisotopic (exact) mass is 278 g/mol. The molecule has 0 radical (unpaired) electrons. The summed E-state index contributed by atoms with van der Waals surface area (Å²) in [6, 6.07) is 3.92. The molecule has 2 unspecified atom stereocenters. The molecule has 2 atom stereocenters. The number of carbonyl (C=O) groups is 1. The number of carbonyl (C=O) groups excluding carboxylic acids is 1. The summed E-state index contributed by atoms with van der Waals surface area (Å²) < 4.78 is 0. The van der Waals surface area contributed by atoms with Gasteiger partial charge in [0.15, 0.2) is 0 Å². The number of nitrogens with zero attached hydrogens (tertiary/aromatic N) is 2. The maximum atomic E-state index is 12.4. The Kier molecular flexibility index (Phi) is 4.00. The van der Waals surface area contributed by atoms with Crippen LogP contribution in [0.4, 0.5) is 0 Å². The van der Waals surface area contributed by atoms with Gasteiger partial charge in [-0.3, -0.25) is 15.1 Å². The lowest BCUT2D eigenvalue weighted by atomic mass is 10.2. The maximum Gasteiger partial charge on any atom is 0.240 e. The molecule has 0 bridgehead atoms. The van der Waals surface area contributed by atoms with Crippen molar-refractivity contribution in [1.29, 1.82) is 0 Å². The fourth-order valence-corrected chi connectivity index (χ4v) is 3.66. The van der Waals surface area contributed by atoms with Crippen molar-refractivity contribution in [2.24, 2.45) is 0 Å². The Hall–Kier alpha value is -1.11. The van der Waals surface area contributed by atoms with Crippen LogP contribution in [0.3, 0.4) is 0 Å². The molecule has 1 aromatic rings. The number of nitrogens with one attached hydrogen (secondary N) is 2. The summed E-state index contributed by atoms with van der Waals surface area (Å²) in [6.07, 6.45) is 3.63. The van der Waals surface area contributed by atoms with Gasteiger partial charge in [0.1, 0.15) is 0 Å². The Labute approximate surface area is 117 Å². The maximum absolute atomic E-state index is 12.4. The summed E-state index contributed by atoms with van der Waals surface area (Å²) in [5.74, 6) is 1.07. The molecule has 2 saturated heterocycles. The number of aromatic nitrogens is 1. The van der Waals surface area contributed by atoms with E-state index in [1.807, 2.05) is 17.2 Å². The van der Waals surface area contributed by atoms with E-state index in [1.165, 1.54) is 0 Å². The number of rotatable bonds is 2. The van der Waals surface area contributed by atoms with Crippen molar-refractivity contribution in [3.05, 3.63) is 30.1 Å². The Morgan fingerprint density at radius 1 is 1.42 bits per heavy atom. The third-order valence-corrected chi connectivity index (χ3v) is 4.76. The zero-order valence-electron chi connectivity index (χ0n) is 10.7. The van der Waals surface area contributed by atoms with E-state index in [0.717, 1.165) is 37.5 Å². The van der Waals surface area contributed by atoms with Crippen LogP contribution in [-0.2, 0) is 4.79 Å². The second kappa shape index (κ2) is 5.90. The van der Waals surface area contributed by atoms with Gasteiger partial charge in [-0.2, -0.15) is 0 Å². The van der Waals surface area contributed by atoms with Gasteiger partial charge in [-0.25, -0.2) is 0 Å². The van der Waals surface area contributed by atoms with E-state index in [0.29, 0.717) is 0 Å². The smallest absolute Gasteiger partial charge is 0.240 e. The van der Waals surface area contributed by atoms with Crippen LogP contribution in [0.2, 0.25) is 0 Å². The Balaban J connectivity index is 1.61. The van der Waals surface area contributed by atoms with Crippen LogP contribution in [0.1, 0.15) is 10.9 Å². The molecule has 6 heteroatoms. The summed E-state index contributed by atoms with van der Waals surface area (Å²) in [7, 11) is 0. The Bertz CT molecular complexity index is 436. The molecule has 0 spiro atoms. The molecule has 0 aliphatic carbocycles. The molecule has 0 saturated carbocycles. The van der Waals surface area contributed by atoms with Gasteiger partial charge in [0.05, 0.1) is 11.4 Å². The van der Waals surface area contributed by atoms with Crippen LogP contribution < -0.4 is 10.6 Å². The number of pyridine rings is 1. The average molecular weight is 278 g/mol. The molecule has 2 N–H and O–H groups in total. The predicted octanol–water partition coefficient (Wildman–Crippen LogP) is 0.217. The van der Waals surface area contributed by atoms with Crippen molar-refractivity contribution < 1.29 is 4.79 Å². The van der Waals surface area contributed by atoms with Gasteiger partial charge in [0.25, 0.3) is 0 Å². The molecule has 102 valence electrons. The SMILES string of the molecule is O=C(C1CSC(c2cccnc2)N1)N1CCNCC1. The highest BCUT2D eigenvalue weighted by atomic mass is 32.2. The van der Waals surface area contributed by atoms with Crippen LogP contribution >= 0.6 is 11.8 Å². The van der Waals surface area contributed by atoms with Crippen LogP contribution in [0.5, 0.6) is 0 Å². The second-order valence-electron chi connectivity index (χ2n) is 4.79. The van der Waals surface area contributed by atoms with Gasteiger partial charge in [-0.05, 0) is 11.6 Å². The van der Waals surface area contributed by atoms with Gasteiger partial charge in [-0.1, -0.05) is 6.07 Å². The number of piperazine rings is 1. The zero-order chi connectivity index (χ0) is 13.1. The summed E-state index contributed by atoms with van der Waals surface area (Å²) >= 11 is 1.78. The third kappa shape index (κ3) is 2.91. The molecular weight excluding hydrogens is 260 g/mol. The lowest BCUT2D eigenvalue weighted by molar-refractivity contribution is -0.133. The first-order chi connectivity index (χ1) is 9.34. The highest BCUT2D eigenvalue weighted by Crippen LogP contribution is 2.32. The quantitative estimate of drug-likeness (QED) is 0.810. The number of thioether (sulfide) groups is 1. The molecule has 2 aliphatic heterocycles. The minimum Gasteiger partial charge on any atom is -0.339 e. The number of hydrogen-bond donors (Lipinski definition) is 2. The molecule has 5 nitrogen and oxygen atoms in total. The summed E-state index contributed by atoms with van der Waals surface area (Å²) in [4.78, 5) is 18.5. The van der Waals surface area contributed by atoms with Gasteiger partial charge < -0.3 is 10.2 Å². The lowest BCUT2D eigenvalue weighted by Crippen LogP contribution is -2.52. The van der Waals surface area contributed by atoms with Crippen molar-refractivity contribution >= 4 is 17.7 Å². The molecule has 3 heterocycles. The van der Waals surface area contributed by atoms with Crippen LogP contribution in [0.15, 0.2) is 24.5 Å². The first kappa shape index (κ1) is 12.9. The molecule has 2 fully saturated rings. The summed E-state index contributed by atoms with van der Waals surface area (Å²) in [5.41, 5.74) is 1.14. The summed E-state index contributed by atoms with van der Waals surface area (Å²) in [6.45, 7) is 3.44. The van der Waals surface area contributed by atoms with E-state index in [9.17, 15) is 4.79 Å². The normalized spacial score (nSPS) is 27.5. The van der Waals surface area contributed by atoms with E-state index in [1.54, 1.807) is 18.0 Å². The molecule has 19 heavy (non-hydrogen) atoms. The van der Waals surface area contributed by atoms with E-state index < -0.39 is 0 Å². The first-order valence-electron chi connectivity index (χ1n) is 6.62. The molecule has 0 aromatic carbocycles. The highest BCUT2D eigenvalue weighted by molar-refractivity contribution is 7.99. The Morgan fingerprint density at radius 3 is 3.00 bits per heavy atom. The van der Waals surface area contributed by atoms with Crippen LogP contribution in [0, 0.1) is 0 Å². The van der Waals surface area contributed by atoms with Crippen molar-refractivity contribution in [2.45, 2.75) is 11.4 Å². The molecule has 1 aromatic heterocycles. The minimum absolute atomic E-state index is 0.0618. The number of hydrogen-bond acceptors (Lipinski definition) is 5. The lowest BCUT2D eigenvalue weighted by Gasteiger charge is -2.29. The van der Waals surface area contributed by atoms with Gasteiger partial charge >= 0.3 is 0 Å². The van der Waals surface area contributed by atoms with E-state index in [-0.39, 0.29) is 17.3 Å². The van der Waals surface area contributed by atoms with Gasteiger partial charge in [0, 0.05) is 44.3 Å². The van der Waals surface area contributed by atoms with E-state index in [2.05, 4.69) is 21.7 Å². The number of amides is 1. The van der Waals surface area contributed by atoms with Crippen molar-refractivity contribution in [1.82, 2.24) is 20.5 Å². The second-order valence-corrected chi connectivity index (χ2v) is 5.93. The largest absolute Gasteiger partial charge is 0.339 e. The third-order valence-electron chi connectivity index (χ3n) is 3.50. The topological polar surface area (TPSA) is 57.3 Å². The predicted molar refractivity (Wildman–Crippen MR) is 75.8 cm³/mol. The van der Waals surface area contributed by atoms with Crippen LogP contribution in [-0.4, -0.2) is 53.8 Å². The first-order valence-corrected chi connectivity index (χ1v) is 7.66. The average Bonchev–Trinajstić information content (AvgIpc) is 2.98. The Morgan fingerprint density at radius 2 is 2.26 bits per heavy atom. The minimum atomic E-state index is -0.0618.